The van der Waals surface area contributed by atoms with Crippen molar-refractivity contribution in [2.45, 2.75) is 13.5 Å². The van der Waals surface area contributed by atoms with Gasteiger partial charge in [0.2, 0.25) is 0 Å². The first-order valence-electron chi connectivity index (χ1n) is 6.02. The molecule has 0 aliphatic rings. The van der Waals surface area contributed by atoms with Crippen molar-refractivity contribution in [3.8, 4) is 0 Å². The fraction of sp³-hybridized carbons (Fsp3) is 0.133. The zero-order chi connectivity index (χ0) is 13.7. The highest BCUT2D eigenvalue weighted by atomic mass is 16.5. The van der Waals surface area contributed by atoms with Crippen molar-refractivity contribution in [1.29, 1.82) is 0 Å². The largest absolute Gasteiger partial charge is 0.344 e. The Morgan fingerprint density at radius 3 is 2.95 bits per heavy atom. The Hall–Kier alpha value is -2.33. The van der Waals surface area contributed by atoms with Gasteiger partial charge in [0.1, 0.15) is 0 Å². The van der Waals surface area contributed by atoms with E-state index in [4.69, 9.17) is 5.21 Å². The average molecular weight is 256 g/mol. The van der Waals surface area contributed by atoms with Gasteiger partial charge in [0.25, 0.3) is 5.91 Å². The van der Waals surface area contributed by atoms with Crippen LogP contribution < -0.4 is 5.48 Å². The summed E-state index contributed by atoms with van der Waals surface area (Å²) < 4.78 is 2.04. The lowest BCUT2D eigenvalue weighted by Crippen LogP contribution is -2.15. The number of carbonyl (C=O) groups is 1. The van der Waals surface area contributed by atoms with Gasteiger partial charge in [-0.15, -0.1) is 0 Å². The van der Waals surface area contributed by atoms with Gasteiger partial charge >= 0.3 is 0 Å². The van der Waals surface area contributed by atoms with Crippen molar-refractivity contribution in [3.63, 3.8) is 0 Å². The monoisotopic (exact) mass is 256 g/mol. The molecule has 0 atom stereocenters. The number of benzene rings is 1. The fourth-order valence-corrected chi connectivity index (χ4v) is 1.93. The van der Waals surface area contributed by atoms with Crippen LogP contribution in [0.4, 0.5) is 0 Å². The Bertz CT molecular complexity index is 600. The van der Waals surface area contributed by atoms with Crippen LogP contribution in [-0.4, -0.2) is 15.7 Å². The van der Waals surface area contributed by atoms with E-state index in [1.54, 1.807) is 11.6 Å². The maximum absolute atomic E-state index is 11.0. The number of rotatable bonds is 4. The molecule has 1 amide bonds. The summed E-state index contributed by atoms with van der Waals surface area (Å²) in [5.41, 5.74) is 4.91. The molecular formula is C15H16N2O2. The SMILES string of the molecule is Cc1cccc(Cn2cccc2C=CC(=O)NO)c1. The van der Waals surface area contributed by atoms with Crippen LogP contribution in [-0.2, 0) is 11.3 Å². The second kappa shape index (κ2) is 6.02. The standard InChI is InChI=1S/C15H16N2O2/c1-12-4-2-5-13(10-12)11-17-9-3-6-14(17)7-8-15(18)16-19/h2-10,19H,11H2,1H3,(H,16,18). The fourth-order valence-electron chi connectivity index (χ4n) is 1.93. The van der Waals surface area contributed by atoms with Gasteiger partial charge in [-0.1, -0.05) is 29.8 Å². The molecule has 98 valence electrons. The highest BCUT2D eigenvalue weighted by Crippen LogP contribution is 2.11. The molecule has 2 aromatic rings. The number of aryl methyl sites for hydroxylation is 1. The number of amides is 1. The Balaban J connectivity index is 2.16. The minimum atomic E-state index is -0.539. The number of carbonyl (C=O) groups excluding carboxylic acids is 1. The predicted molar refractivity (Wildman–Crippen MR) is 73.7 cm³/mol. The lowest BCUT2D eigenvalue weighted by atomic mass is 10.1. The molecule has 0 fully saturated rings. The van der Waals surface area contributed by atoms with Gasteiger partial charge in [-0.2, -0.15) is 0 Å². The number of hydroxylamine groups is 1. The Kier molecular flexibility index (Phi) is 4.15. The van der Waals surface area contributed by atoms with E-state index in [9.17, 15) is 4.79 Å². The van der Waals surface area contributed by atoms with Crippen LogP contribution in [0, 0.1) is 6.92 Å². The van der Waals surface area contributed by atoms with Crippen molar-refractivity contribution in [1.82, 2.24) is 10.0 Å². The molecule has 0 bridgehead atoms. The summed E-state index contributed by atoms with van der Waals surface area (Å²) in [4.78, 5) is 11.0. The van der Waals surface area contributed by atoms with E-state index in [-0.39, 0.29) is 0 Å². The molecule has 4 nitrogen and oxygen atoms in total. The summed E-state index contributed by atoms with van der Waals surface area (Å²) in [6.07, 6.45) is 4.92. The van der Waals surface area contributed by atoms with Crippen LogP contribution in [0.2, 0.25) is 0 Å². The number of aromatic nitrogens is 1. The molecule has 2 N–H and O–H groups in total. The van der Waals surface area contributed by atoms with Gasteiger partial charge in [0.05, 0.1) is 0 Å². The molecule has 0 saturated carbocycles. The Morgan fingerprint density at radius 2 is 2.21 bits per heavy atom. The highest BCUT2D eigenvalue weighted by molar-refractivity contribution is 5.90. The van der Waals surface area contributed by atoms with E-state index in [1.165, 1.54) is 17.2 Å². The van der Waals surface area contributed by atoms with Gasteiger partial charge in [-0.05, 0) is 30.7 Å². The lowest BCUT2D eigenvalue weighted by molar-refractivity contribution is -0.124. The zero-order valence-corrected chi connectivity index (χ0v) is 10.7. The molecule has 2 rings (SSSR count). The van der Waals surface area contributed by atoms with Crippen LogP contribution >= 0.6 is 0 Å². The first-order valence-corrected chi connectivity index (χ1v) is 6.02. The smallest absolute Gasteiger partial charge is 0.267 e. The molecule has 0 spiro atoms. The van der Waals surface area contributed by atoms with Crippen molar-refractivity contribution in [3.05, 3.63) is 65.5 Å². The van der Waals surface area contributed by atoms with E-state index >= 15 is 0 Å². The van der Waals surface area contributed by atoms with E-state index in [1.807, 2.05) is 29.0 Å². The van der Waals surface area contributed by atoms with Crippen LogP contribution in [0.3, 0.4) is 0 Å². The van der Waals surface area contributed by atoms with Crippen LogP contribution in [0.25, 0.3) is 6.08 Å². The summed E-state index contributed by atoms with van der Waals surface area (Å²) in [6.45, 7) is 2.81. The molecule has 0 aliphatic heterocycles. The number of hydrogen-bond acceptors (Lipinski definition) is 2. The number of nitrogens with zero attached hydrogens (tertiary/aromatic N) is 1. The molecule has 19 heavy (non-hydrogen) atoms. The van der Waals surface area contributed by atoms with Crippen LogP contribution in [0.15, 0.2) is 48.7 Å². The summed E-state index contributed by atoms with van der Waals surface area (Å²) in [5.74, 6) is -0.539. The topological polar surface area (TPSA) is 54.3 Å². The molecule has 0 saturated heterocycles. The summed E-state index contributed by atoms with van der Waals surface area (Å²) >= 11 is 0. The molecule has 1 aromatic heterocycles. The quantitative estimate of drug-likeness (QED) is 0.501. The molecule has 1 aromatic carbocycles. The number of hydrogen-bond donors (Lipinski definition) is 2. The highest BCUT2D eigenvalue weighted by Gasteiger charge is 2.00. The maximum Gasteiger partial charge on any atom is 0.267 e. The molecule has 0 unspecified atom stereocenters. The van der Waals surface area contributed by atoms with E-state index in [0.717, 1.165) is 12.2 Å². The van der Waals surface area contributed by atoms with Crippen molar-refractivity contribution < 1.29 is 10.0 Å². The summed E-state index contributed by atoms with van der Waals surface area (Å²) in [5, 5.41) is 8.44. The second-order valence-electron chi connectivity index (χ2n) is 4.36. The molecule has 0 radical (unpaired) electrons. The van der Waals surface area contributed by atoms with E-state index < -0.39 is 5.91 Å². The van der Waals surface area contributed by atoms with E-state index in [2.05, 4.69) is 25.1 Å². The zero-order valence-electron chi connectivity index (χ0n) is 10.7. The molecule has 1 heterocycles. The van der Waals surface area contributed by atoms with Gasteiger partial charge < -0.3 is 4.57 Å². The van der Waals surface area contributed by atoms with Gasteiger partial charge in [0.15, 0.2) is 0 Å². The first-order chi connectivity index (χ1) is 9.19. The normalized spacial score (nSPS) is 10.8. The van der Waals surface area contributed by atoms with Crippen LogP contribution in [0.5, 0.6) is 0 Å². The summed E-state index contributed by atoms with van der Waals surface area (Å²) in [6, 6.07) is 12.1. The predicted octanol–water partition coefficient (Wildman–Crippen LogP) is 2.36. The van der Waals surface area contributed by atoms with E-state index in [0.29, 0.717) is 0 Å². The van der Waals surface area contributed by atoms with Crippen molar-refractivity contribution in [2.24, 2.45) is 0 Å². The van der Waals surface area contributed by atoms with Gasteiger partial charge in [0, 0.05) is 24.5 Å². The van der Waals surface area contributed by atoms with Crippen molar-refractivity contribution >= 4 is 12.0 Å². The first kappa shape index (κ1) is 13.1. The van der Waals surface area contributed by atoms with Crippen molar-refractivity contribution in [2.75, 3.05) is 0 Å². The van der Waals surface area contributed by atoms with Crippen LogP contribution in [0.1, 0.15) is 16.8 Å². The van der Waals surface area contributed by atoms with Gasteiger partial charge in [-0.3, -0.25) is 10.0 Å². The molecular weight excluding hydrogens is 240 g/mol. The minimum Gasteiger partial charge on any atom is -0.344 e. The molecule has 0 aliphatic carbocycles. The second-order valence-corrected chi connectivity index (χ2v) is 4.36. The third-order valence-electron chi connectivity index (χ3n) is 2.82. The number of nitrogens with one attached hydrogen (secondary N) is 1. The lowest BCUT2D eigenvalue weighted by Gasteiger charge is -2.07. The maximum atomic E-state index is 11.0. The molecule has 4 heteroatoms. The Labute approximate surface area is 112 Å². The summed E-state index contributed by atoms with van der Waals surface area (Å²) in [7, 11) is 0. The third kappa shape index (κ3) is 3.56. The third-order valence-corrected chi connectivity index (χ3v) is 2.82. The average Bonchev–Trinajstić information content (AvgIpc) is 2.83. The van der Waals surface area contributed by atoms with Gasteiger partial charge in [-0.25, -0.2) is 5.48 Å². The Morgan fingerprint density at radius 1 is 1.37 bits per heavy atom. The minimum absolute atomic E-state index is 0.539.